The Balaban J connectivity index is 1.93. The highest BCUT2D eigenvalue weighted by Crippen LogP contribution is 2.18. The summed E-state index contributed by atoms with van der Waals surface area (Å²) in [6.07, 6.45) is -4.06. The number of ether oxygens (including phenoxy) is 2. The minimum atomic E-state index is -2.10. The molecule has 8 nitrogen and oxygen atoms in total. The van der Waals surface area contributed by atoms with Crippen molar-refractivity contribution in [3.63, 3.8) is 0 Å². The zero-order valence-corrected chi connectivity index (χ0v) is 19.5. The van der Waals surface area contributed by atoms with E-state index in [4.69, 9.17) is 9.47 Å². The van der Waals surface area contributed by atoms with Gasteiger partial charge in [0, 0.05) is 5.69 Å². The Morgan fingerprint density at radius 3 is 1.71 bits per heavy atom. The highest BCUT2D eigenvalue weighted by molar-refractivity contribution is 6.01. The summed E-state index contributed by atoms with van der Waals surface area (Å²) >= 11 is 0. The van der Waals surface area contributed by atoms with Crippen molar-refractivity contribution in [1.82, 2.24) is 0 Å². The molecule has 2 unspecified atom stereocenters. The van der Waals surface area contributed by atoms with Gasteiger partial charge < -0.3 is 19.9 Å². The number of aryl methyl sites for hydroxylation is 3. The molecule has 0 radical (unpaired) electrons. The van der Waals surface area contributed by atoms with E-state index in [1.165, 1.54) is 24.3 Å². The number of hydrogen-bond acceptors (Lipinski definition) is 6. The molecule has 0 aromatic heterocycles. The maximum absolute atomic E-state index is 13.2. The van der Waals surface area contributed by atoms with Crippen LogP contribution in [0.1, 0.15) is 37.4 Å². The van der Waals surface area contributed by atoms with Crippen LogP contribution in [0.25, 0.3) is 0 Å². The fourth-order valence-corrected chi connectivity index (χ4v) is 3.32. The Morgan fingerprint density at radius 1 is 0.714 bits per heavy atom. The van der Waals surface area contributed by atoms with Gasteiger partial charge in [0.2, 0.25) is 12.2 Å². The monoisotopic (exact) mass is 475 g/mol. The lowest BCUT2D eigenvalue weighted by Crippen LogP contribution is -2.48. The molecular weight excluding hydrogens is 450 g/mol. The summed E-state index contributed by atoms with van der Waals surface area (Å²) < 4.78 is 10.5. The van der Waals surface area contributed by atoms with Crippen LogP contribution in [0.5, 0.6) is 0 Å². The molecule has 0 heterocycles. The molecule has 8 heteroatoms. The number of rotatable bonds is 8. The van der Waals surface area contributed by atoms with E-state index >= 15 is 0 Å². The molecule has 0 saturated carbocycles. The van der Waals surface area contributed by atoms with Crippen molar-refractivity contribution in [2.24, 2.45) is 0 Å². The summed E-state index contributed by atoms with van der Waals surface area (Å²) in [6.45, 7) is 5.27. The molecular formula is C27H25NO7. The molecule has 3 aromatic rings. The predicted octanol–water partition coefficient (Wildman–Crippen LogP) is 4.09. The molecule has 1 amide bonds. The minimum absolute atomic E-state index is 0.0966. The zero-order chi connectivity index (χ0) is 25.5. The van der Waals surface area contributed by atoms with E-state index in [1.807, 2.05) is 0 Å². The van der Waals surface area contributed by atoms with Crippen LogP contribution in [0.3, 0.4) is 0 Å². The molecule has 2 atom stereocenters. The molecule has 0 spiro atoms. The SMILES string of the molecule is Cc1cccc(C(=O)OC(C(=O)O)C(OC(=O)c2cccc(C)c2)C(=O)Nc2ccccc2C)c1. The van der Waals surface area contributed by atoms with Crippen molar-refractivity contribution in [3.05, 3.63) is 101 Å². The molecule has 3 aromatic carbocycles. The number of carbonyl (C=O) groups excluding carboxylic acids is 3. The summed E-state index contributed by atoms with van der Waals surface area (Å²) in [5, 5.41) is 12.4. The van der Waals surface area contributed by atoms with Crippen LogP contribution in [0.4, 0.5) is 5.69 Å². The molecule has 0 fully saturated rings. The van der Waals surface area contributed by atoms with Gasteiger partial charge in [0.25, 0.3) is 5.91 Å². The third-order valence-electron chi connectivity index (χ3n) is 5.16. The molecule has 0 aliphatic rings. The van der Waals surface area contributed by atoms with Gasteiger partial charge in [-0.1, -0.05) is 53.6 Å². The first kappa shape index (κ1) is 25.2. The Labute approximate surface area is 202 Å². The predicted molar refractivity (Wildman–Crippen MR) is 128 cm³/mol. The first-order chi connectivity index (χ1) is 16.7. The number of carbonyl (C=O) groups is 4. The fraction of sp³-hybridized carbons (Fsp3) is 0.185. The van der Waals surface area contributed by atoms with Crippen molar-refractivity contribution in [2.75, 3.05) is 5.32 Å². The second-order valence-corrected chi connectivity index (χ2v) is 8.03. The average Bonchev–Trinajstić information content (AvgIpc) is 2.82. The van der Waals surface area contributed by atoms with Crippen LogP contribution in [-0.2, 0) is 19.1 Å². The number of benzene rings is 3. The van der Waals surface area contributed by atoms with E-state index in [0.717, 1.165) is 11.1 Å². The smallest absolute Gasteiger partial charge is 0.349 e. The minimum Gasteiger partial charge on any atom is -0.478 e. The van der Waals surface area contributed by atoms with Crippen molar-refractivity contribution in [1.29, 1.82) is 0 Å². The Kier molecular flexibility index (Phi) is 7.99. The van der Waals surface area contributed by atoms with E-state index in [-0.39, 0.29) is 11.1 Å². The number of carboxylic acid groups (broad SMARTS) is 1. The third kappa shape index (κ3) is 6.54. The molecule has 0 bridgehead atoms. The third-order valence-corrected chi connectivity index (χ3v) is 5.16. The molecule has 2 N–H and O–H groups in total. The van der Waals surface area contributed by atoms with E-state index in [9.17, 15) is 24.3 Å². The van der Waals surface area contributed by atoms with Crippen LogP contribution in [0.2, 0.25) is 0 Å². The molecule has 180 valence electrons. The normalized spacial score (nSPS) is 12.2. The largest absolute Gasteiger partial charge is 0.478 e. The van der Waals surface area contributed by atoms with Crippen LogP contribution >= 0.6 is 0 Å². The van der Waals surface area contributed by atoms with E-state index < -0.39 is 36.0 Å². The maximum Gasteiger partial charge on any atom is 0.349 e. The molecule has 3 rings (SSSR count). The highest BCUT2D eigenvalue weighted by Gasteiger charge is 2.41. The van der Waals surface area contributed by atoms with Crippen molar-refractivity contribution in [3.8, 4) is 0 Å². The summed E-state index contributed by atoms with van der Waals surface area (Å²) in [6, 6.07) is 19.5. The van der Waals surface area contributed by atoms with Gasteiger partial charge in [0.05, 0.1) is 11.1 Å². The van der Waals surface area contributed by atoms with E-state index in [2.05, 4.69) is 5.32 Å². The van der Waals surface area contributed by atoms with Crippen LogP contribution in [0.15, 0.2) is 72.8 Å². The summed E-state index contributed by atoms with van der Waals surface area (Å²) in [5.74, 6) is -4.50. The van der Waals surface area contributed by atoms with Gasteiger partial charge in [-0.3, -0.25) is 4.79 Å². The first-order valence-electron chi connectivity index (χ1n) is 10.8. The number of nitrogens with one attached hydrogen (secondary N) is 1. The lowest BCUT2D eigenvalue weighted by Gasteiger charge is -2.24. The number of hydrogen-bond donors (Lipinski definition) is 2. The first-order valence-corrected chi connectivity index (χ1v) is 10.8. The number of anilines is 1. The molecule has 0 aliphatic carbocycles. The molecule has 0 saturated heterocycles. The van der Waals surface area contributed by atoms with Crippen molar-refractivity contribution < 1.29 is 33.8 Å². The summed E-state index contributed by atoms with van der Waals surface area (Å²) in [5.41, 5.74) is 2.83. The second-order valence-electron chi connectivity index (χ2n) is 8.03. The van der Waals surface area contributed by atoms with Gasteiger partial charge in [-0.25, -0.2) is 14.4 Å². The van der Waals surface area contributed by atoms with Crippen LogP contribution < -0.4 is 5.32 Å². The van der Waals surface area contributed by atoms with Gasteiger partial charge in [0.15, 0.2) is 0 Å². The molecule has 35 heavy (non-hydrogen) atoms. The Bertz CT molecular complexity index is 1270. The highest BCUT2D eigenvalue weighted by atomic mass is 16.6. The number of carboxylic acids is 1. The number of amides is 1. The number of esters is 2. The standard InChI is InChI=1S/C27H25NO7/c1-16-8-6-11-19(14-16)26(32)34-22(24(29)28-21-13-5-4-10-18(21)3)23(25(30)31)35-27(33)20-12-7-9-17(2)15-20/h4-15,22-23H,1-3H3,(H,28,29)(H,30,31). The van der Waals surface area contributed by atoms with Crippen molar-refractivity contribution >= 4 is 29.5 Å². The van der Waals surface area contributed by atoms with Gasteiger partial charge in [-0.15, -0.1) is 0 Å². The number of aliphatic carboxylic acids is 1. The molecule has 0 aliphatic heterocycles. The van der Waals surface area contributed by atoms with Crippen LogP contribution in [-0.4, -0.2) is 41.1 Å². The van der Waals surface area contributed by atoms with Gasteiger partial charge >= 0.3 is 17.9 Å². The Hall–Kier alpha value is -4.46. The van der Waals surface area contributed by atoms with Gasteiger partial charge in [-0.2, -0.15) is 0 Å². The maximum atomic E-state index is 13.2. The second kappa shape index (κ2) is 11.1. The topological polar surface area (TPSA) is 119 Å². The number of para-hydroxylation sites is 1. The van der Waals surface area contributed by atoms with Crippen molar-refractivity contribution in [2.45, 2.75) is 33.0 Å². The van der Waals surface area contributed by atoms with Crippen LogP contribution in [0, 0.1) is 20.8 Å². The average molecular weight is 475 g/mol. The lowest BCUT2D eigenvalue weighted by molar-refractivity contribution is -0.157. The van der Waals surface area contributed by atoms with Gasteiger partial charge in [0.1, 0.15) is 0 Å². The lowest BCUT2D eigenvalue weighted by atomic mass is 10.1. The van der Waals surface area contributed by atoms with E-state index in [0.29, 0.717) is 11.3 Å². The van der Waals surface area contributed by atoms with Gasteiger partial charge in [-0.05, 0) is 56.7 Å². The van der Waals surface area contributed by atoms with E-state index in [1.54, 1.807) is 69.3 Å². The fourth-order valence-electron chi connectivity index (χ4n) is 3.32. The summed E-state index contributed by atoms with van der Waals surface area (Å²) in [7, 11) is 0. The zero-order valence-electron chi connectivity index (χ0n) is 19.5. The quantitative estimate of drug-likeness (QED) is 0.471. The Morgan fingerprint density at radius 2 is 1.23 bits per heavy atom. The summed E-state index contributed by atoms with van der Waals surface area (Å²) in [4.78, 5) is 50.8.